The summed E-state index contributed by atoms with van der Waals surface area (Å²) in [6.45, 7) is 0.383. The normalized spacial score (nSPS) is 16.2. The number of thioether (sulfide) groups is 1. The molecular formula is C24H15Cl2F3N2O2S. The topological polar surface area (TPSA) is 50.7 Å². The predicted molar refractivity (Wildman–Crippen MR) is 129 cm³/mol. The second-order valence-corrected chi connectivity index (χ2v) is 9.00. The molecule has 1 N–H and O–H groups in total. The first kappa shape index (κ1) is 24.2. The molecule has 0 spiro atoms. The average Bonchev–Trinajstić information content (AvgIpc) is 3.13. The lowest BCUT2D eigenvalue weighted by molar-refractivity contribution is -0.137. The van der Waals surface area contributed by atoms with Gasteiger partial charge < -0.3 is 10.1 Å². The number of ether oxygens (including phenoxy) is 1. The van der Waals surface area contributed by atoms with Crippen LogP contribution in [0.2, 0.25) is 10.0 Å². The maximum atomic E-state index is 13.0. The van der Waals surface area contributed by atoms with Crippen LogP contribution < -0.4 is 10.1 Å². The number of amides is 1. The third-order valence-electron chi connectivity index (χ3n) is 4.64. The zero-order chi connectivity index (χ0) is 24.3. The minimum absolute atomic E-state index is 0.0435. The molecule has 0 bridgehead atoms. The van der Waals surface area contributed by atoms with Crippen LogP contribution in [-0.2, 0) is 17.6 Å². The molecule has 0 atom stereocenters. The second-order valence-electron chi connectivity index (χ2n) is 7.13. The Morgan fingerprint density at radius 2 is 1.71 bits per heavy atom. The van der Waals surface area contributed by atoms with Crippen LogP contribution in [0.4, 0.5) is 18.9 Å². The number of nitrogens with zero attached hydrogens (tertiary/aromatic N) is 1. The van der Waals surface area contributed by atoms with Crippen LogP contribution in [0.3, 0.4) is 0 Å². The van der Waals surface area contributed by atoms with Crippen molar-refractivity contribution in [2.45, 2.75) is 12.8 Å². The third-order valence-corrected chi connectivity index (χ3v) is 6.12. The van der Waals surface area contributed by atoms with E-state index in [1.807, 2.05) is 12.1 Å². The summed E-state index contributed by atoms with van der Waals surface area (Å²) >= 11 is 12.9. The van der Waals surface area contributed by atoms with Crippen molar-refractivity contribution in [3.63, 3.8) is 0 Å². The van der Waals surface area contributed by atoms with Gasteiger partial charge in [-0.25, -0.2) is 4.99 Å². The first-order chi connectivity index (χ1) is 16.2. The van der Waals surface area contributed by atoms with Gasteiger partial charge in [0.2, 0.25) is 0 Å². The molecule has 0 aromatic heterocycles. The van der Waals surface area contributed by atoms with Gasteiger partial charge in [0.05, 0.1) is 21.2 Å². The number of aliphatic imine (C=N–C) groups is 1. The van der Waals surface area contributed by atoms with E-state index in [1.165, 1.54) is 0 Å². The number of carbonyl (C=O) groups excluding carboxylic acids is 1. The molecule has 1 fully saturated rings. The van der Waals surface area contributed by atoms with Crippen LogP contribution in [0.5, 0.6) is 5.75 Å². The molecule has 1 amide bonds. The van der Waals surface area contributed by atoms with Crippen molar-refractivity contribution < 1.29 is 22.7 Å². The third kappa shape index (κ3) is 6.14. The Kier molecular flexibility index (Phi) is 7.21. The van der Waals surface area contributed by atoms with Gasteiger partial charge in [-0.2, -0.15) is 13.2 Å². The summed E-state index contributed by atoms with van der Waals surface area (Å²) in [6.07, 6.45) is -2.87. The van der Waals surface area contributed by atoms with E-state index in [2.05, 4.69) is 10.3 Å². The lowest BCUT2D eigenvalue weighted by atomic mass is 10.2. The molecule has 0 aliphatic carbocycles. The molecule has 3 aromatic carbocycles. The number of alkyl halides is 3. The summed E-state index contributed by atoms with van der Waals surface area (Å²) in [5.41, 5.74) is 0.764. The van der Waals surface area contributed by atoms with E-state index in [0.29, 0.717) is 22.3 Å². The predicted octanol–water partition coefficient (Wildman–Crippen LogP) is 7.48. The number of benzene rings is 3. The highest BCUT2D eigenvalue weighted by molar-refractivity contribution is 8.18. The number of nitrogens with one attached hydrogen (secondary N) is 1. The Bertz CT molecular complexity index is 1270. The van der Waals surface area contributed by atoms with Gasteiger partial charge in [0.15, 0.2) is 5.17 Å². The number of rotatable bonds is 5. The van der Waals surface area contributed by atoms with E-state index in [4.69, 9.17) is 27.9 Å². The molecule has 1 aliphatic heterocycles. The van der Waals surface area contributed by atoms with Gasteiger partial charge in [0, 0.05) is 5.02 Å². The van der Waals surface area contributed by atoms with Crippen molar-refractivity contribution in [2.24, 2.45) is 4.99 Å². The quantitative estimate of drug-likeness (QED) is 0.353. The summed E-state index contributed by atoms with van der Waals surface area (Å²) in [5.74, 6) is 0.247. The highest BCUT2D eigenvalue weighted by Gasteiger charge is 2.31. The number of hydrogen-bond acceptors (Lipinski definition) is 4. The maximum Gasteiger partial charge on any atom is 0.416 e. The van der Waals surface area contributed by atoms with Crippen LogP contribution in [0.1, 0.15) is 16.7 Å². The van der Waals surface area contributed by atoms with Gasteiger partial charge in [0.1, 0.15) is 12.4 Å². The number of halogens is 5. The van der Waals surface area contributed by atoms with E-state index >= 15 is 0 Å². The Hall–Kier alpha value is -2.94. The summed E-state index contributed by atoms with van der Waals surface area (Å²) in [4.78, 5) is 16.7. The van der Waals surface area contributed by atoms with E-state index in [0.717, 1.165) is 41.1 Å². The summed E-state index contributed by atoms with van der Waals surface area (Å²) in [7, 11) is 0. The molecule has 1 heterocycles. The highest BCUT2D eigenvalue weighted by atomic mass is 35.5. The largest absolute Gasteiger partial charge is 0.489 e. The van der Waals surface area contributed by atoms with Crippen molar-refractivity contribution in [3.8, 4) is 5.75 Å². The second kappa shape index (κ2) is 10.1. The average molecular weight is 523 g/mol. The Balaban J connectivity index is 1.44. The van der Waals surface area contributed by atoms with Crippen LogP contribution in [0.15, 0.2) is 76.6 Å². The smallest absolute Gasteiger partial charge is 0.416 e. The van der Waals surface area contributed by atoms with Gasteiger partial charge >= 0.3 is 6.18 Å². The minimum atomic E-state index is -4.53. The molecule has 0 saturated carbocycles. The van der Waals surface area contributed by atoms with Crippen LogP contribution in [0, 0.1) is 0 Å². The standard InChI is InChI=1S/C24H15Cl2F3N2O2S/c25-17-6-1-15(2-7-17)13-33-18-8-3-14(4-9-18)11-21-22(32)31-23(34-21)30-20-12-16(24(27,28)29)5-10-19(20)26/h1-12H,13H2,(H,30,31,32)/b21-11-. The lowest BCUT2D eigenvalue weighted by Gasteiger charge is -2.08. The zero-order valence-corrected chi connectivity index (χ0v) is 19.5. The molecule has 174 valence electrons. The molecular weight excluding hydrogens is 508 g/mol. The van der Waals surface area contributed by atoms with Gasteiger partial charge in [0.25, 0.3) is 5.91 Å². The van der Waals surface area contributed by atoms with Crippen molar-refractivity contribution in [1.29, 1.82) is 0 Å². The monoisotopic (exact) mass is 522 g/mol. The maximum absolute atomic E-state index is 13.0. The van der Waals surface area contributed by atoms with Gasteiger partial charge in [-0.05, 0) is 71.4 Å². The fraction of sp³-hybridized carbons (Fsp3) is 0.0833. The number of amidine groups is 1. The zero-order valence-electron chi connectivity index (χ0n) is 17.2. The van der Waals surface area contributed by atoms with E-state index < -0.39 is 17.6 Å². The van der Waals surface area contributed by atoms with E-state index in [1.54, 1.807) is 42.5 Å². The molecule has 1 aliphatic rings. The van der Waals surface area contributed by atoms with Crippen LogP contribution in [0.25, 0.3) is 6.08 Å². The Morgan fingerprint density at radius 1 is 1.00 bits per heavy atom. The van der Waals surface area contributed by atoms with E-state index in [-0.39, 0.29) is 15.9 Å². The molecule has 34 heavy (non-hydrogen) atoms. The highest BCUT2D eigenvalue weighted by Crippen LogP contribution is 2.36. The minimum Gasteiger partial charge on any atom is -0.489 e. The molecule has 4 nitrogen and oxygen atoms in total. The molecule has 10 heteroatoms. The molecule has 3 aromatic rings. The first-order valence-electron chi connectivity index (χ1n) is 9.81. The van der Waals surface area contributed by atoms with Crippen molar-refractivity contribution >= 4 is 57.8 Å². The SMILES string of the molecule is O=C1NC(=Nc2cc(C(F)(F)F)ccc2Cl)S/C1=C\c1ccc(OCc2ccc(Cl)cc2)cc1. The van der Waals surface area contributed by atoms with Crippen molar-refractivity contribution in [2.75, 3.05) is 0 Å². The lowest BCUT2D eigenvalue weighted by Crippen LogP contribution is -2.19. The molecule has 1 saturated heterocycles. The molecule has 4 rings (SSSR count). The van der Waals surface area contributed by atoms with E-state index in [9.17, 15) is 18.0 Å². The van der Waals surface area contributed by atoms with Crippen LogP contribution in [-0.4, -0.2) is 11.1 Å². The Labute approximate surface area is 207 Å². The van der Waals surface area contributed by atoms with Gasteiger partial charge in [-0.3, -0.25) is 4.79 Å². The summed E-state index contributed by atoms with van der Waals surface area (Å²) < 4.78 is 44.6. The fourth-order valence-corrected chi connectivity index (χ4v) is 4.04. The van der Waals surface area contributed by atoms with Crippen molar-refractivity contribution in [3.05, 3.63) is 98.4 Å². The first-order valence-corrected chi connectivity index (χ1v) is 11.4. The fourth-order valence-electron chi connectivity index (χ4n) is 2.92. The summed E-state index contributed by atoms with van der Waals surface area (Å²) in [6, 6.07) is 17.3. The van der Waals surface area contributed by atoms with Crippen LogP contribution >= 0.6 is 35.0 Å². The molecule has 0 unspecified atom stereocenters. The van der Waals surface area contributed by atoms with Crippen molar-refractivity contribution in [1.82, 2.24) is 5.32 Å². The molecule has 0 radical (unpaired) electrons. The van der Waals surface area contributed by atoms with Gasteiger partial charge in [-0.1, -0.05) is 47.5 Å². The summed E-state index contributed by atoms with van der Waals surface area (Å²) in [5, 5.41) is 3.38. The Morgan fingerprint density at radius 3 is 2.38 bits per heavy atom. The van der Waals surface area contributed by atoms with Gasteiger partial charge in [-0.15, -0.1) is 0 Å². The number of carbonyl (C=O) groups is 1. The number of hydrogen-bond donors (Lipinski definition) is 1.